The van der Waals surface area contributed by atoms with Crippen molar-refractivity contribution in [3.8, 4) is 17.2 Å². The van der Waals surface area contributed by atoms with Gasteiger partial charge in [-0.05, 0) is 119 Å². The van der Waals surface area contributed by atoms with Crippen molar-refractivity contribution in [3.63, 3.8) is 0 Å². The Morgan fingerprint density at radius 2 is 1.74 bits per heavy atom. The molecule has 3 aromatic heterocycles. The molecule has 2 aliphatic rings. The molecule has 1 amide bonds. The van der Waals surface area contributed by atoms with Crippen molar-refractivity contribution < 1.29 is 18.5 Å². The van der Waals surface area contributed by atoms with Crippen molar-refractivity contribution in [2.45, 2.75) is 85.3 Å². The number of rotatable bonds is 9. The van der Waals surface area contributed by atoms with Crippen LogP contribution in [0.15, 0.2) is 71.8 Å². The highest BCUT2D eigenvalue weighted by Gasteiger charge is 2.37. The minimum absolute atomic E-state index is 0.142. The summed E-state index contributed by atoms with van der Waals surface area (Å²) in [7, 11) is -0.817. The van der Waals surface area contributed by atoms with E-state index in [4.69, 9.17) is 9.84 Å². The molecule has 2 N–H and O–H groups in total. The van der Waals surface area contributed by atoms with Crippen LogP contribution in [-0.2, 0) is 15.7 Å². The maximum atomic E-state index is 15.0. The fraction of sp³-hybridized carbons (Fsp3) is 0.400. The van der Waals surface area contributed by atoms with Gasteiger partial charge in [0, 0.05) is 78.8 Å². The molecule has 2 atom stereocenters. The highest BCUT2D eigenvalue weighted by atomic mass is 31.2. The lowest BCUT2D eigenvalue weighted by atomic mass is 9.83. The molecule has 2 aliphatic heterocycles. The van der Waals surface area contributed by atoms with Crippen LogP contribution in [0.4, 0.5) is 10.1 Å². The highest BCUT2D eigenvalue weighted by molar-refractivity contribution is 7.71. The van der Waals surface area contributed by atoms with Gasteiger partial charge in [-0.25, -0.2) is 13.9 Å². The molecule has 13 heteroatoms. The highest BCUT2D eigenvalue weighted by Crippen LogP contribution is 2.46. The number of fused-ring (bicyclic) bond motifs is 2. The molecule has 0 radical (unpaired) electrons. The molecule has 0 bridgehead atoms. The van der Waals surface area contributed by atoms with Gasteiger partial charge in [0.05, 0.1) is 28.7 Å². The molecule has 1 fully saturated rings. The monoisotopic (exact) mass is 805 g/mol. The van der Waals surface area contributed by atoms with Crippen molar-refractivity contribution in [1.29, 1.82) is 0 Å². The van der Waals surface area contributed by atoms with Crippen LogP contribution in [0.3, 0.4) is 0 Å². The second kappa shape index (κ2) is 14.9. The zero-order chi connectivity index (χ0) is 41.3. The van der Waals surface area contributed by atoms with Crippen molar-refractivity contribution in [3.05, 3.63) is 117 Å². The Morgan fingerprint density at radius 3 is 2.43 bits per heavy atom. The van der Waals surface area contributed by atoms with Crippen LogP contribution in [-0.4, -0.2) is 72.8 Å². The van der Waals surface area contributed by atoms with E-state index in [1.54, 1.807) is 59.2 Å². The van der Waals surface area contributed by atoms with Crippen LogP contribution >= 0.6 is 7.14 Å². The van der Waals surface area contributed by atoms with E-state index in [9.17, 15) is 18.5 Å². The van der Waals surface area contributed by atoms with Crippen molar-refractivity contribution in [2.24, 2.45) is 0 Å². The maximum Gasteiger partial charge on any atom is 0.338 e. The molecular formula is C45H53FN7O4P. The van der Waals surface area contributed by atoms with Gasteiger partial charge in [-0.1, -0.05) is 19.9 Å². The lowest BCUT2D eigenvalue weighted by Gasteiger charge is -2.35. The van der Waals surface area contributed by atoms with Gasteiger partial charge < -0.3 is 24.5 Å². The Hall–Kier alpha value is -5.19. The first-order valence-electron chi connectivity index (χ1n) is 20.3. The van der Waals surface area contributed by atoms with E-state index >= 15 is 0 Å². The molecule has 6 aromatic rings. The van der Waals surface area contributed by atoms with E-state index in [1.165, 1.54) is 5.56 Å². The lowest BCUT2D eigenvalue weighted by Crippen LogP contribution is -2.39. The molecular weight excluding hydrogens is 753 g/mol. The summed E-state index contributed by atoms with van der Waals surface area (Å²) in [4.78, 5) is 34.3. The van der Waals surface area contributed by atoms with Crippen LogP contribution in [0.1, 0.15) is 97.9 Å². The van der Waals surface area contributed by atoms with E-state index in [0.717, 1.165) is 46.9 Å². The predicted octanol–water partition coefficient (Wildman–Crippen LogP) is 8.55. The average Bonchev–Trinajstić information content (AvgIpc) is 3.93. The van der Waals surface area contributed by atoms with Crippen LogP contribution in [0.5, 0.6) is 0 Å². The first kappa shape index (κ1) is 39.6. The molecule has 304 valence electrons. The minimum atomic E-state index is -2.61. The molecule has 1 saturated heterocycles. The second-order valence-electron chi connectivity index (χ2n) is 16.5. The largest absolute Gasteiger partial charge is 0.387 e. The Balaban J connectivity index is 1.20. The molecule has 0 spiro atoms. The molecule has 58 heavy (non-hydrogen) atoms. The van der Waals surface area contributed by atoms with E-state index in [0.29, 0.717) is 70.9 Å². The Bertz CT molecular complexity index is 2660. The van der Waals surface area contributed by atoms with Crippen molar-refractivity contribution in [1.82, 2.24) is 28.8 Å². The van der Waals surface area contributed by atoms with E-state index in [-0.39, 0.29) is 23.0 Å². The summed E-state index contributed by atoms with van der Waals surface area (Å²) >= 11 is 0. The van der Waals surface area contributed by atoms with Crippen LogP contribution < -0.4 is 16.3 Å². The SMILES string of the molecule is CCP(=O)(CC)c1ccc(-n2ccn(-c3c4c(nn3-c3cc(C)c(F)c(C)c3)CCN(C(=O)c3cc5cc([C@H]6CCOC(C)(C)C6)ccc5[nH]3)[C@H]4C)c2=O)cc1NC. The summed E-state index contributed by atoms with van der Waals surface area (Å²) in [5.41, 5.74) is 6.49. The number of H-pyrrole nitrogens is 1. The second-order valence-corrected chi connectivity index (χ2v) is 20.1. The van der Waals surface area contributed by atoms with Crippen LogP contribution in [0, 0.1) is 19.7 Å². The third kappa shape index (κ3) is 6.74. The predicted molar refractivity (Wildman–Crippen MR) is 229 cm³/mol. The van der Waals surface area contributed by atoms with E-state index in [2.05, 4.69) is 42.3 Å². The fourth-order valence-electron chi connectivity index (χ4n) is 9.11. The molecule has 0 aliphatic carbocycles. The van der Waals surface area contributed by atoms with Gasteiger partial charge in [0.2, 0.25) is 0 Å². The van der Waals surface area contributed by atoms with Gasteiger partial charge in [-0.15, -0.1) is 0 Å². The summed E-state index contributed by atoms with van der Waals surface area (Å²) < 4.78 is 39.5. The first-order valence-corrected chi connectivity index (χ1v) is 22.4. The first-order chi connectivity index (χ1) is 27.7. The maximum absolute atomic E-state index is 15.0. The number of amides is 1. The third-order valence-corrected chi connectivity index (χ3v) is 15.7. The van der Waals surface area contributed by atoms with Gasteiger partial charge in [0.1, 0.15) is 24.5 Å². The number of aromatic nitrogens is 5. The van der Waals surface area contributed by atoms with Crippen molar-refractivity contribution in [2.75, 3.05) is 37.8 Å². The van der Waals surface area contributed by atoms with Crippen molar-refractivity contribution >= 4 is 34.9 Å². The number of aryl methyl sites for hydroxylation is 2. The number of hydrogen-bond donors (Lipinski definition) is 2. The van der Waals surface area contributed by atoms with Crippen LogP contribution in [0.25, 0.3) is 28.1 Å². The molecule has 3 aromatic carbocycles. The minimum Gasteiger partial charge on any atom is -0.387 e. The summed E-state index contributed by atoms with van der Waals surface area (Å²) in [5, 5.41) is 10.0. The number of anilines is 1. The lowest BCUT2D eigenvalue weighted by molar-refractivity contribution is -0.0592. The van der Waals surface area contributed by atoms with E-state index < -0.39 is 13.2 Å². The number of benzene rings is 3. The smallest absolute Gasteiger partial charge is 0.338 e. The zero-order valence-corrected chi connectivity index (χ0v) is 35.5. The number of halogens is 1. The molecule has 0 saturated carbocycles. The normalized spacial score (nSPS) is 18.1. The number of nitrogens with zero attached hydrogens (tertiary/aromatic N) is 5. The van der Waals surface area contributed by atoms with Gasteiger partial charge >= 0.3 is 5.69 Å². The molecule has 0 unspecified atom stereocenters. The molecule has 5 heterocycles. The summed E-state index contributed by atoms with van der Waals surface area (Å²) in [6.45, 7) is 14.7. The van der Waals surface area contributed by atoms with Crippen LogP contribution in [0.2, 0.25) is 0 Å². The number of carbonyl (C=O) groups is 1. The third-order valence-electron chi connectivity index (χ3n) is 12.4. The van der Waals surface area contributed by atoms with Gasteiger partial charge in [-0.3, -0.25) is 13.9 Å². The molecule has 11 nitrogen and oxygen atoms in total. The summed E-state index contributed by atoms with van der Waals surface area (Å²) in [5.74, 6) is 0.436. The quantitative estimate of drug-likeness (QED) is 0.142. The number of nitrogens with one attached hydrogen (secondary N) is 2. The fourth-order valence-corrected chi connectivity index (χ4v) is 11.2. The van der Waals surface area contributed by atoms with E-state index in [1.807, 2.05) is 49.9 Å². The number of carbonyl (C=O) groups excluding carboxylic acids is 1. The standard InChI is InChI=1S/C45H53FN7O4P/c1-9-58(56,10-2)39-14-12-33(25-37(39)47-8)51-18-19-52(44(51)55)42-40-29(5)50(17-15-36(40)49-53(42)34-21-27(3)41(46)28(4)22-34)43(54)38-24-32-23-30(11-13-35(32)48-38)31-16-20-57-45(6,7)26-31/h11-14,18-19,21-25,29,31,47-48H,9-10,15-17,20,26H2,1-8H3/t29-,31-/m0/s1. The van der Waals surface area contributed by atoms with Gasteiger partial charge in [0.15, 0.2) is 0 Å². The van der Waals surface area contributed by atoms with Gasteiger partial charge in [-0.2, -0.15) is 5.10 Å². The Kier molecular flexibility index (Phi) is 10.2. The number of aromatic amines is 1. The topological polar surface area (TPSA) is 119 Å². The molecule has 8 rings (SSSR count). The number of hydrogen-bond acceptors (Lipinski definition) is 6. The average molecular weight is 806 g/mol. The summed E-state index contributed by atoms with van der Waals surface area (Å²) in [6, 6.07) is 16.9. The number of imidazole rings is 1. The number of ether oxygens (including phenoxy) is 1. The summed E-state index contributed by atoms with van der Waals surface area (Å²) in [6.07, 6.45) is 6.86. The Labute approximate surface area is 338 Å². The zero-order valence-electron chi connectivity index (χ0n) is 34.6. The Morgan fingerprint density at radius 1 is 1.02 bits per heavy atom. The van der Waals surface area contributed by atoms with Gasteiger partial charge in [0.25, 0.3) is 5.91 Å².